The number of carbonyl (C=O) groups excluding carboxylic acids is 2. The number of benzene rings is 2. The summed E-state index contributed by atoms with van der Waals surface area (Å²) in [5.41, 5.74) is 2.55. The molecule has 3 N–H and O–H groups in total. The normalized spacial score (nSPS) is 12.1. The summed E-state index contributed by atoms with van der Waals surface area (Å²) in [7, 11) is 0. The van der Waals surface area contributed by atoms with E-state index in [2.05, 4.69) is 10.7 Å². The third-order valence-electron chi connectivity index (χ3n) is 6.20. The SMILES string of the molecule is CC(C)CC(C(=O)NCc1ccccc1)N(C(=O)CCc1ccc(Nn2c(=O)c2=O)c(C(=O)O)c1)C(C)C. The summed E-state index contributed by atoms with van der Waals surface area (Å²) in [5, 5.41) is 12.6. The van der Waals surface area contributed by atoms with Crippen molar-refractivity contribution in [1.82, 2.24) is 14.9 Å². The van der Waals surface area contributed by atoms with Gasteiger partial charge in [0.05, 0.1) is 11.3 Å². The number of rotatable bonds is 13. The number of carboxylic acid groups (broad SMARTS) is 1. The summed E-state index contributed by atoms with van der Waals surface area (Å²) in [5.74, 6) is -1.48. The second-order valence-corrected chi connectivity index (χ2v) is 9.99. The van der Waals surface area contributed by atoms with E-state index in [0.717, 1.165) is 10.2 Å². The number of nitrogens with one attached hydrogen (secondary N) is 2. The van der Waals surface area contributed by atoms with E-state index in [1.54, 1.807) is 11.0 Å². The predicted molar refractivity (Wildman–Crippen MR) is 144 cm³/mol. The summed E-state index contributed by atoms with van der Waals surface area (Å²) in [6, 6.07) is 13.2. The average molecular weight is 523 g/mol. The zero-order chi connectivity index (χ0) is 28.0. The summed E-state index contributed by atoms with van der Waals surface area (Å²) in [6.07, 6.45) is 0.833. The molecule has 0 aliphatic carbocycles. The van der Waals surface area contributed by atoms with Crippen LogP contribution in [0.1, 0.15) is 62.0 Å². The van der Waals surface area contributed by atoms with Crippen LogP contribution >= 0.6 is 0 Å². The quantitative estimate of drug-likeness (QED) is 0.293. The van der Waals surface area contributed by atoms with Crippen molar-refractivity contribution in [3.05, 3.63) is 85.9 Å². The van der Waals surface area contributed by atoms with Crippen molar-refractivity contribution in [1.29, 1.82) is 0 Å². The highest BCUT2D eigenvalue weighted by molar-refractivity contribution is 5.94. The molecular formula is C28H34N4O6. The maximum Gasteiger partial charge on any atom is 0.340 e. The number of aryl methyl sites for hydroxylation is 1. The Labute approximate surface area is 220 Å². The Bertz CT molecular complexity index is 1330. The second kappa shape index (κ2) is 12.4. The first-order chi connectivity index (χ1) is 18.0. The standard InChI is InChI=1S/C28H34N4O6/c1-17(2)14-23(25(34)29-16-20-8-6-5-7-9-20)31(18(3)4)24(33)13-11-19-10-12-22(21(15-19)28(37)38)30-32-26(35)27(32)36/h5-10,12,15,17-18,23,30H,11,13-14,16H2,1-4H3,(H,29,34)(H,37,38). The van der Waals surface area contributed by atoms with Gasteiger partial charge in [0.2, 0.25) is 11.8 Å². The molecule has 2 aromatic carbocycles. The highest BCUT2D eigenvalue weighted by atomic mass is 16.4. The smallest absolute Gasteiger partial charge is 0.340 e. The van der Waals surface area contributed by atoms with Crippen LogP contribution in [0, 0.1) is 5.92 Å². The summed E-state index contributed by atoms with van der Waals surface area (Å²) in [4.78, 5) is 62.5. The molecule has 10 heteroatoms. The Morgan fingerprint density at radius 2 is 1.61 bits per heavy atom. The molecule has 3 rings (SSSR count). The first-order valence-electron chi connectivity index (χ1n) is 12.6. The Morgan fingerprint density at radius 1 is 0.947 bits per heavy atom. The van der Waals surface area contributed by atoms with Crippen LogP contribution in [-0.4, -0.2) is 44.5 Å². The molecule has 0 saturated heterocycles. The Kier molecular flexibility index (Phi) is 9.22. The molecule has 38 heavy (non-hydrogen) atoms. The molecule has 1 aromatic heterocycles. The minimum absolute atomic E-state index is 0.0771. The number of nitrogens with zero attached hydrogens (tertiary/aromatic N) is 2. The fourth-order valence-corrected chi connectivity index (χ4v) is 4.28. The van der Waals surface area contributed by atoms with Crippen LogP contribution in [0.25, 0.3) is 0 Å². The molecule has 0 spiro atoms. The van der Waals surface area contributed by atoms with Crippen LogP contribution in [0.4, 0.5) is 5.69 Å². The maximum atomic E-state index is 13.4. The van der Waals surface area contributed by atoms with Crippen molar-refractivity contribution in [3.63, 3.8) is 0 Å². The van der Waals surface area contributed by atoms with Gasteiger partial charge in [-0.1, -0.05) is 50.2 Å². The highest BCUT2D eigenvalue weighted by Gasteiger charge is 2.32. The monoisotopic (exact) mass is 522 g/mol. The second-order valence-electron chi connectivity index (χ2n) is 9.99. The Morgan fingerprint density at radius 3 is 2.16 bits per heavy atom. The topological polar surface area (TPSA) is 138 Å². The van der Waals surface area contributed by atoms with Crippen LogP contribution in [0.15, 0.2) is 58.1 Å². The van der Waals surface area contributed by atoms with Gasteiger partial charge in [-0.15, -0.1) is 0 Å². The molecule has 3 aromatic rings. The van der Waals surface area contributed by atoms with Crippen LogP contribution in [0.5, 0.6) is 0 Å². The first-order valence-corrected chi connectivity index (χ1v) is 12.6. The molecule has 0 bridgehead atoms. The zero-order valence-electron chi connectivity index (χ0n) is 22.1. The molecule has 2 amide bonds. The van der Waals surface area contributed by atoms with Gasteiger partial charge in [-0.2, -0.15) is 4.68 Å². The van der Waals surface area contributed by atoms with Gasteiger partial charge in [0.25, 0.3) is 0 Å². The molecular weight excluding hydrogens is 488 g/mol. The molecule has 0 radical (unpaired) electrons. The fourth-order valence-electron chi connectivity index (χ4n) is 4.28. The number of hydrogen-bond acceptors (Lipinski definition) is 6. The molecule has 202 valence electrons. The third-order valence-corrected chi connectivity index (χ3v) is 6.20. The Hall–Kier alpha value is -4.21. The van der Waals surface area contributed by atoms with Crippen molar-refractivity contribution in [3.8, 4) is 0 Å². The molecule has 1 heterocycles. The van der Waals surface area contributed by atoms with Crippen molar-refractivity contribution < 1.29 is 19.5 Å². The van der Waals surface area contributed by atoms with Crippen molar-refractivity contribution in [2.24, 2.45) is 5.92 Å². The van der Waals surface area contributed by atoms with E-state index in [4.69, 9.17) is 0 Å². The lowest BCUT2D eigenvalue weighted by molar-refractivity contribution is -0.143. The van der Waals surface area contributed by atoms with Crippen molar-refractivity contribution in [2.75, 3.05) is 5.43 Å². The van der Waals surface area contributed by atoms with Gasteiger partial charge in [-0.25, -0.2) is 4.79 Å². The van der Waals surface area contributed by atoms with Gasteiger partial charge in [-0.3, -0.25) is 24.6 Å². The van der Waals surface area contributed by atoms with Crippen molar-refractivity contribution >= 4 is 23.5 Å². The number of aromatic nitrogens is 1. The maximum absolute atomic E-state index is 13.4. The molecule has 1 unspecified atom stereocenters. The summed E-state index contributed by atoms with van der Waals surface area (Å²) < 4.78 is 0.725. The zero-order valence-corrected chi connectivity index (χ0v) is 22.1. The first kappa shape index (κ1) is 28.4. The van der Waals surface area contributed by atoms with Crippen LogP contribution in [0.2, 0.25) is 0 Å². The lowest BCUT2D eigenvalue weighted by Crippen LogP contribution is -2.53. The lowest BCUT2D eigenvalue weighted by atomic mass is 9.98. The van der Waals surface area contributed by atoms with Crippen molar-refractivity contribution in [2.45, 2.75) is 65.6 Å². The molecule has 1 atom stereocenters. The average Bonchev–Trinajstić information content (AvgIpc) is 3.44. The minimum atomic E-state index is -1.24. The lowest BCUT2D eigenvalue weighted by Gasteiger charge is -2.35. The fraction of sp³-hybridized carbons (Fsp3) is 0.393. The number of carbonyl (C=O) groups is 3. The number of carboxylic acids is 1. The third kappa shape index (κ3) is 7.18. The highest BCUT2D eigenvalue weighted by Crippen LogP contribution is 2.21. The van der Waals surface area contributed by atoms with E-state index in [-0.39, 0.29) is 47.9 Å². The van der Waals surface area contributed by atoms with E-state index in [1.807, 2.05) is 58.0 Å². The predicted octanol–water partition coefficient (Wildman–Crippen LogP) is 2.56. The van der Waals surface area contributed by atoms with Gasteiger partial charge < -0.3 is 15.3 Å². The number of anilines is 1. The van der Waals surface area contributed by atoms with E-state index >= 15 is 0 Å². The van der Waals surface area contributed by atoms with Gasteiger partial charge in [0.1, 0.15) is 6.04 Å². The van der Waals surface area contributed by atoms with Crippen LogP contribution in [0.3, 0.4) is 0 Å². The molecule has 0 aliphatic heterocycles. The molecule has 10 nitrogen and oxygen atoms in total. The number of amides is 2. The molecule has 0 fully saturated rings. The largest absolute Gasteiger partial charge is 0.478 e. The molecule has 0 aliphatic rings. The minimum Gasteiger partial charge on any atom is -0.478 e. The van der Waals surface area contributed by atoms with Gasteiger partial charge >= 0.3 is 17.1 Å². The van der Waals surface area contributed by atoms with Gasteiger partial charge in [-0.05, 0) is 55.9 Å². The van der Waals surface area contributed by atoms with Gasteiger partial charge in [0.15, 0.2) is 0 Å². The summed E-state index contributed by atoms with van der Waals surface area (Å²) >= 11 is 0. The van der Waals surface area contributed by atoms with E-state index in [0.29, 0.717) is 18.5 Å². The van der Waals surface area contributed by atoms with E-state index in [1.165, 1.54) is 12.1 Å². The van der Waals surface area contributed by atoms with Crippen LogP contribution in [-0.2, 0) is 22.6 Å². The summed E-state index contributed by atoms with van der Waals surface area (Å²) in [6.45, 7) is 8.11. The van der Waals surface area contributed by atoms with Gasteiger partial charge in [0, 0.05) is 19.0 Å². The molecule has 0 saturated carbocycles. The Balaban J connectivity index is 1.73. The van der Waals surface area contributed by atoms with E-state index < -0.39 is 23.1 Å². The van der Waals surface area contributed by atoms with Crippen LogP contribution < -0.4 is 21.9 Å². The number of hydrogen-bond donors (Lipinski definition) is 3. The van der Waals surface area contributed by atoms with E-state index in [9.17, 15) is 29.1 Å². The number of aromatic carboxylic acids is 1.